The van der Waals surface area contributed by atoms with Gasteiger partial charge in [0.15, 0.2) is 5.11 Å². The fraction of sp³-hybridized carbons (Fsp3) is 0.529. The summed E-state index contributed by atoms with van der Waals surface area (Å²) in [7, 11) is 1.57. The molecule has 1 aromatic carbocycles. The van der Waals surface area contributed by atoms with Crippen molar-refractivity contribution in [3.05, 3.63) is 29.8 Å². The minimum Gasteiger partial charge on any atom is -0.497 e. The summed E-state index contributed by atoms with van der Waals surface area (Å²) in [4.78, 5) is 12.1. The zero-order chi connectivity index (χ0) is 16.8. The second-order valence-electron chi connectivity index (χ2n) is 6.16. The molecule has 6 heteroatoms. The largest absolute Gasteiger partial charge is 0.497 e. The topological polar surface area (TPSA) is 62.4 Å². The number of ether oxygens (including phenoxy) is 1. The second kappa shape index (κ2) is 8.15. The molecule has 3 N–H and O–H groups in total. The molecule has 0 aromatic heterocycles. The van der Waals surface area contributed by atoms with Crippen LogP contribution in [0.1, 0.15) is 43.5 Å². The smallest absolute Gasteiger partial charge is 0.269 e. The lowest BCUT2D eigenvalue weighted by Crippen LogP contribution is -2.52. The molecule has 1 aliphatic rings. The van der Waals surface area contributed by atoms with Crippen LogP contribution in [0, 0.1) is 11.8 Å². The van der Waals surface area contributed by atoms with Crippen molar-refractivity contribution in [3.63, 3.8) is 0 Å². The third-order valence-corrected chi connectivity index (χ3v) is 4.86. The van der Waals surface area contributed by atoms with Crippen molar-refractivity contribution in [1.82, 2.24) is 16.2 Å². The van der Waals surface area contributed by atoms with Gasteiger partial charge in [-0.05, 0) is 48.7 Å². The fourth-order valence-electron chi connectivity index (χ4n) is 2.94. The van der Waals surface area contributed by atoms with Crippen LogP contribution < -0.4 is 20.9 Å². The van der Waals surface area contributed by atoms with E-state index < -0.39 is 0 Å². The molecule has 0 radical (unpaired) electrons. The molecule has 1 aromatic rings. The first-order valence-corrected chi connectivity index (χ1v) is 8.43. The number of benzene rings is 1. The molecule has 0 unspecified atom stereocenters. The van der Waals surface area contributed by atoms with Crippen LogP contribution in [0.3, 0.4) is 0 Å². The molecule has 0 bridgehead atoms. The van der Waals surface area contributed by atoms with Crippen LogP contribution in [0.5, 0.6) is 5.75 Å². The molecule has 1 saturated carbocycles. The van der Waals surface area contributed by atoms with Gasteiger partial charge in [0, 0.05) is 11.6 Å². The number of thiocarbonyl (C=S) groups is 1. The van der Waals surface area contributed by atoms with Crippen LogP contribution in [0.15, 0.2) is 24.3 Å². The highest BCUT2D eigenvalue weighted by Gasteiger charge is 2.27. The average molecular weight is 335 g/mol. The molecular weight excluding hydrogens is 310 g/mol. The van der Waals surface area contributed by atoms with E-state index >= 15 is 0 Å². The van der Waals surface area contributed by atoms with Gasteiger partial charge in [-0.2, -0.15) is 0 Å². The summed E-state index contributed by atoms with van der Waals surface area (Å²) in [5.41, 5.74) is 5.91. The molecule has 0 saturated heterocycles. The van der Waals surface area contributed by atoms with Crippen LogP contribution in [-0.4, -0.2) is 24.2 Å². The van der Waals surface area contributed by atoms with Crippen LogP contribution in [0.2, 0.25) is 0 Å². The van der Waals surface area contributed by atoms with Crippen molar-refractivity contribution >= 4 is 23.2 Å². The Balaban J connectivity index is 1.82. The quantitative estimate of drug-likeness (QED) is 0.585. The summed E-state index contributed by atoms with van der Waals surface area (Å²) in [5, 5.41) is 3.76. The van der Waals surface area contributed by atoms with Gasteiger partial charge in [0.25, 0.3) is 5.91 Å². The van der Waals surface area contributed by atoms with Gasteiger partial charge >= 0.3 is 0 Å². The first-order valence-electron chi connectivity index (χ1n) is 8.02. The zero-order valence-electron chi connectivity index (χ0n) is 13.9. The number of amides is 1. The standard InChI is InChI=1S/C17H25N3O2S/c1-11-6-4-9-15(12(11)2)18-17(23)20-19-16(21)13-7-5-8-14(10-13)22-3/h5,7-8,10-12,15H,4,6,9H2,1-3H3,(H,19,21)(H2,18,20,23)/t11-,12-,15-/m1/s1. The molecular formula is C17H25N3O2S. The lowest BCUT2D eigenvalue weighted by Gasteiger charge is -2.35. The van der Waals surface area contributed by atoms with Crippen LogP contribution in [0.25, 0.3) is 0 Å². The maximum Gasteiger partial charge on any atom is 0.269 e. The van der Waals surface area contributed by atoms with Crippen molar-refractivity contribution in [1.29, 1.82) is 0 Å². The molecule has 0 heterocycles. The lowest BCUT2D eigenvalue weighted by molar-refractivity contribution is 0.0943. The van der Waals surface area contributed by atoms with Gasteiger partial charge in [0.05, 0.1) is 7.11 Å². The Morgan fingerprint density at radius 2 is 2.04 bits per heavy atom. The van der Waals surface area contributed by atoms with E-state index in [1.807, 2.05) is 0 Å². The molecule has 1 fully saturated rings. The number of carbonyl (C=O) groups is 1. The van der Waals surface area contributed by atoms with Gasteiger partial charge in [0.1, 0.15) is 5.75 Å². The maximum atomic E-state index is 12.1. The zero-order valence-corrected chi connectivity index (χ0v) is 14.7. The number of rotatable bonds is 3. The normalized spacial score (nSPS) is 23.7. The van der Waals surface area contributed by atoms with Gasteiger partial charge in [-0.15, -0.1) is 0 Å². The van der Waals surface area contributed by atoms with Gasteiger partial charge in [0.2, 0.25) is 0 Å². The van der Waals surface area contributed by atoms with E-state index in [1.54, 1.807) is 31.4 Å². The SMILES string of the molecule is COc1cccc(C(=O)NNC(=S)N[C@@H]2CCC[C@@H](C)[C@H]2C)c1. The van der Waals surface area contributed by atoms with Crippen molar-refractivity contribution in [3.8, 4) is 5.75 Å². The average Bonchev–Trinajstić information content (AvgIpc) is 2.57. The van der Waals surface area contributed by atoms with Crippen molar-refractivity contribution in [2.75, 3.05) is 7.11 Å². The fourth-order valence-corrected chi connectivity index (χ4v) is 3.14. The summed E-state index contributed by atoms with van der Waals surface area (Å²) in [6.07, 6.45) is 3.59. The second-order valence-corrected chi connectivity index (χ2v) is 6.57. The number of carbonyl (C=O) groups excluding carboxylic acids is 1. The third-order valence-electron chi connectivity index (χ3n) is 4.64. The summed E-state index contributed by atoms with van der Waals surface area (Å²) in [6, 6.07) is 7.32. The summed E-state index contributed by atoms with van der Waals surface area (Å²) in [5.74, 6) is 1.65. The van der Waals surface area contributed by atoms with E-state index in [-0.39, 0.29) is 5.91 Å². The molecule has 1 amide bonds. The first-order chi connectivity index (χ1) is 11.0. The van der Waals surface area contributed by atoms with Crippen molar-refractivity contribution in [2.24, 2.45) is 11.8 Å². The molecule has 1 aliphatic carbocycles. The van der Waals surface area contributed by atoms with Crippen LogP contribution in [0.4, 0.5) is 0 Å². The predicted molar refractivity (Wildman–Crippen MR) is 95.3 cm³/mol. The monoisotopic (exact) mass is 335 g/mol. The Labute approximate surface area is 143 Å². The van der Waals surface area contributed by atoms with Gasteiger partial charge < -0.3 is 10.1 Å². The van der Waals surface area contributed by atoms with Gasteiger partial charge in [-0.25, -0.2) is 0 Å². The van der Waals surface area contributed by atoms with E-state index in [1.165, 1.54) is 12.8 Å². The van der Waals surface area contributed by atoms with Crippen molar-refractivity contribution in [2.45, 2.75) is 39.2 Å². The molecule has 2 rings (SSSR count). The first kappa shape index (κ1) is 17.5. The van der Waals surface area contributed by atoms with Crippen LogP contribution >= 0.6 is 12.2 Å². The molecule has 23 heavy (non-hydrogen) atoms. The summed E-state index contributed by atoms with van der Waals surface area (Å²) in [6.45, 7) is 4.53. The highest BCUT2D eigenvalue weighted by Crippen LogP contribution is 2.29. The Kier molecular flexibility index (Phi) is 6.21. The van der Waals surface area contributed by atoms with Crippen molar-refractivity contribution < 1.29 is 9.53 Å². The molecule has 126 valence electrons. The molecule has 3 atom stereocenters. The highest BCUT2D eigenvalue weighted by molar-refractivity contribution is 7.80. The minimum absolute atomic E-state index is 0.252. The summed E-state index contributed by atoms with van der Waals surface area (Å²) >= 11 is 5.28. The summed E-state index contributed by atoms with van der Waals surface area (Å²) < 4.78 is 5.11. The maximum absolute atomic E-state index is 12.1. The number of methoxy groups -OCH3 is 1. The minimum atomic E-state index is -0.252. The Morgan fingerprint density at radius 3 is 2.78 bits per heavy atom. The van der Waals surface area contributed by atoms with E-state index in [2.05, 4.69) is 30.0 Å². The number of nitrogens with one attached hydrogen (secondary N) is 3. The Morgan fingerprint density at radius 1 is 1.26 bits per heavy atom. The van der Waals surface area contributed by atoms with E-state index in [0.717, 1.165) is 6.42 Å². The Hall–Kier alpha value is -1.82. The lowest BCUT2D eigenvalue weighted by atomic mass is 9.78. The third kappa shape index (κ3) is 4.82. The van der Waals surface area contributed by atoms with Gasteiger partial charge in [-0.1, -0.05) is 32.8 Å². The Bertz CT molecular complexity index is 565. The number of hydrogen-bond donors (Lipinski definition) is 3. The molecule has 0 aliphatic heterocycles. The number of hydrazine groups is 1. The molecule has 5 nitrogen and oxygen atoms in total. The van der Waals surface area contributed by atoms with E-state index in [0.29, 0.717) is 34.3 Å². The van der Waals surface area contributed by atoms with E-state index in [4.69, 9.17) is 17.0 Å². The van der Waals surface area contributed by atoms with E-state index in [9.17, 15) is 4.79 Å². The predicted octanol–water partition coefficient (Wildman–Crippen LogP) is 2.63. The number of hydrogen-bond acceptors (Lipinski definition) is 3. The van der Waals surface area contributed by atoms with Crippen LogP contribution in [-0.2, 0) is 0 Å². The van der Waals surface area contributed by atoms with Gasteiger partial charge in [-0.3, -0.25) is 15.6 Å². The molecule has 0 spiro atoms. The highest BCUT2D eigenvalue weighted by atomic mass is 32.1.